The van der Waals surface area contributed by atoms with Gasteiger partial charge in [-0.05, 0) is 31.2 Å². The summed E-state index contributed by atoms with van der Waals surface area (Å²) in [5.41, 5.74) is 8.13. The summed E-state index contributed by atoms with van der Waals surface area (Å²) in [5, 5.41) is 3.15. The van der Waals surface area contributed by atoms with E-state index >= 15 is 0 Å². The van der Waals surface area contributed by atoms with Gasteiger partial charge in [-0.2, -0.15) is 0 Å². The van der Waals surface area contributed by atoms with Crippen LogP contribution < -0.4 is 11.1 Å². The Labute approximate surface area is 105 Å². The molecule has 2 aromatic heterocycles. The Bertz CT molecular complexity index is 539. The van der Waals surface area contributed by atoms with Crippen LogP contribution in [0.25, 0.3) is 0 Å². The maximum absolute atomic E-state index is 5.65. The van der Waals surface area contributed by atoms with Crippen molar-refractivity contribution >= 4 is 28.7 Å². The van der Waals surface area contributed by atoms with Gasteiger partial charge in [-0.3, -0.25) is 4.98 Å². The maximum atomic E-state index is 5.65. The van der Waals surface area contributed by atoms with Gasteiger partial charge in [0.15, 0.2) is 0 Å². The molecule has 0 atom stereocenters. The SMILES string of the molecule is Cc1ccc(C(N)=S)c(Nc2cccnc2)n1. The van der Waals surface area contributed by atoms with E-state index in [1.807, 2.05) is 31.2 Å². The van der Waals surface area contributed by atoms with E-state index < -0.39 is 0 Å². The van der Waals surface area contributed by atoms with Gasteiger partial charge in [0.25, 0.3) is 0 Å². The number of pyridine rings is 2. The van der Waals surface area contributed by atoms with Crippen molar-refractivity contribution in [3.63, 3.8) is 0 Å². The molecule has 0 aliphatic rings. The Morgan fingerprint density at radius 1 is 1.35 bits per heavy atom. The van der Waals surface area contributed by atoms with Crippen LogP contribution in [0.5, 0.6) is 0 Å². The predicted molar refractivity (Wildman–Crippen MR) is 72.4 cm³/mol. The molecule has 0 aromatic carbocycles. The number of rotatable bonds is 3. The normalized spacial score (nSPS) is 9.94. The average molecular weight is 244 g/mol. The lowest BCUT2D eigenvalue weighted by atomic mass is 10.2. The molecule has 0 saturated heterocycles. The lowest BCUT2D eigenvalue weighted by Crippen LogP contribution is -2.13. The van der Waals surface area contributed by atoms with Crippen LogP contribution in [0.15, 0.2) is 36.7 Å². The first-order valence-electron chi connectivity index (χ1n) is 5.11. The number of nitrogens with one attached hydrogen (secondary N) is 1. The molecule has 0 aliphatic heterocycles. The fraction of sp³-hybridized carbons (Fsp3) is 0.0833. The molecule has 0 amide bonds. The average Bonchev–Trinajstić information content (AvgIpc) is 2.30. The van der Waals surface area contributed by atoms with Crippen molar-refractivity contribution in [3.8, 4) is 0 Å². The van der Waals surface area contributed by atoms with Crippen molar-refractivity contribution in [1.82, 2.24) is 9.97 Å². The number of thiocarbonyl (C=S) groups is 1. The summed E-state index contributed by atoms with van der Waals surface area (Å²) in [7, 11) is 0. The smallest absolute Gasteiger partial charge is 0.140 e. The van der Waals surface area contributed by atoms with Crippen LogP contribution >= 0.6 is 12.2 Å². The second kappa shape index (κ2) is 4.88. The molecule has 2 rings (SSSR count). The summed E-state index contributed by atoms with van der Waals surface area (Å²) in [6.07, 6.45) is 3.43. The monoisotopic (exact) mass is 244 g/mol. The Balaban J connectivity index is 2.37. The van der Waals surface area contributed by atoms with E-state index in [9.17, 15) is 0 Å². The maximum Gasteiger partial charge on any atom is 0.140 e. The lowest BCUT2D eigenvalue weighted by molar-refractivity contribution is 1.19. The second-order valence-corrected chi connectivity index (χ2v) is 4.02. The van der Waals surface area contributed by atoms with E-state index in [2.05, 4.69) is 15.3 Å². The first-order valence-corrected chi connectivity index (χ1v) is 5.52. The molecule has 5 heteroatoms. The topological polar surface area (TPSA) is 63.8 Å². The van der Waals surface area contributed by atoms with Crippen molar-refractivity contribution in [2.45, 2.75) is 6.92 Å². The lowest BCUT2D eigenvalue weighted by Gasteiger charge is -2.10. The van der Waals surface area contributed by atoms with E-state index in [4.69, 9.17) is 18.0 Å². The first kappa shape index (κ1) is 11.5. The van der Waals surface area contributed by atoms with E-state index in [1.54, 1.807) is 12.4 Å². The molecule has 0 radical (unpaired) electrons. The van der Waals surface area contributed by atoms with Crippen molar-refractivity contribution in [1.29, 1.82) is 0 Å². The standard InChI is InChI=1S/C12H12N4S/c1-8-4-5-10(11(13)17)12(15-8)16-9-3-2-6-14-7-9/h2-7H,1H3,(H2,13,17)(H,15,16). The molecule has 2 heterocycles. The third kappa shape index (κ3) is 2.76. The van der Waals surface area contributed by atoms with Gasteiger partial charge in [-0.25, -0.2) is 4.98 Å². The zero-order valence-corrected chi connectivity index (χ0v) is 10.2. The summed E-state index contributed by atoms with van der Waals surface area (Å²) in [4.78, 5) is 8.73. The molecule has 3 N–H and O–H groups in total. The third-order valence-corrected chi connectivity index (χ3v) is 2.44. The minimum Gasteiger partial charge on any atom is -0.389 e. The van der Waals surface area contributed by atoms with Gasteiger partial charge in [0.1, 0.15) is 10.8 Å². The molecule has 0 saturated carbocycles. The van der Waals surface area contributed by atoms with Crippen LogP contribution in [0, 0.1) is 6.92 Å². The highest BCUT2D eigenvalue weighted by Gasteiger charge is 2.07. The van der Waals surface area contributed by atoms with Gasteiger partial charge in [-0.1, -0.05) is 12.2 Å². The molecule has 86 valence electrons. The first-order chi connectivity index (χ1) is 8.16. The Morgan fingerprint density at radius 3 is 2.82 bits per heavy atom. The highest BCUT2D eigenvalue weighted by atomic mass is 32.1. The summed E-state index contributed by atoms with van der Waals surface area (Å²) < 4.78 is 0. The van der Waals surface area contributed by atoms with E-state index in [0.29, 0.717) is 10.8 Å². The van der Waals surface area contributed by atoms with Gasteiger partial charge >= 0.3 is 0 Å². The molecule has 2 aromatic rings. The third-order valence-electron chi connectivity index (χ3n) is 2.22. The quantitative estimate of drug-likeness (QED) is 0.810. The zero-order valence-electron chi connectivity index (χ0n) is 9.34. The van der Waals surface area contributed by atoms with Crippen LogP contribution in [0.2, 0.25) is 0 Å². The zero-order chi connectivity index (χ0) is 12.3. The highest BCUT2D eigenvalue weighted by Crippen LogP contribution is 2.18. The molecule has 0 aliphatic carbocycles. The van der Waals surface area contributed by atoms with Gasteiger partial charge in [0.2, 0.25) is 0 Å². The number of aryl methyl sites for hydroxylation is 1. The molecule has 0 bridgehead atoms. The van der Waals surface area contributed by atoms with Crippen LogP contribution in [-0.4, -0.2) is 15.0 Å². The number of hydrogen-bond acceptors (Lipinski definition) is 4. The largest absolute Gasteiger partial charge is 0.389 e. The van der Waals surface area contributed by atoms with Crippen LogP contribution in [0.1, 0.15) is 11.3 Å². The molecule has 17 heavy (non-hydrogen) atoms. The predicted octanol–water partition coefficient (Wildman–Crippen LogP) is 2.16. The van der Waals surface area contributed by atoms with Crippen LogP contribution in [-0.2, 0) is 0 Å². The van der Waals surface area contributed by atoms with Crippen molar-refractivity contribution in [3.05, 3.63) is 47.9 Å². The number of nitrogens with zero attached hydrogens (tertiary/aromatic N) is 2. The fourth-order valence-corrected chi connectivity index (χ4v) is 1.59. The highest BCUT2D eigenvalue weighted by molar-refractivity contribution is 7.80. The van der Waals surface area contributed by atoms with E-state index in [0.717, 1.165) is 16.9 Å². The van der Waals surface area contributed by atoms with E-state index in [1.165, 1.54) is 0 Å². The fourth-order valence-electron chi connectivity index (χ4n) is 1.42. The van der Waals surface area contributed by atoms with Gasteiger partial charge in [-0.15, -0.1) is 0 Å². The molecular weight excluding hydrogens is 232 g/mol. The van der Waals surface area contributed by atoms with Gasteiger partial charge in [0, 0.05) is 11.9 Å². The number of aromatic nitrogens is 2. The minimum absolute atomic E-state index is 0.323. The number of nitrogens with two attached hydrogens (primary N) is 1. The van der Waals surface area contributed by atoms with Gasteiger partial charge in [0.05, 0.1) is 17.4 Å². The summed E-state index contributed by atoms with van der Waals surface area (Å²) in [6, 6.07) is 7.49. The molecular formula is C12H12N4S. The molecule has 0 spiro atoms. The summed E-state index contributed by atoms with van der Waals surface area (Å²) in [5.74, 6) is 0.658. The number of hydrogen-bond donors (Lipinski definition) is 2. The molecule has 4 nitrogen and oxygen atoms in total. The molecule has 0 fully saturated rings. The minimum atomic E-state index is 0.323. The Kier molecular flexibility index (Phi) is 3.30. The Morgan fingerprint density at radius 2 is 2.18 bits per heavy atom. The Hall–Kier alpha value is -2.01. The van der Waals surface area contributed by atoms with Crippen molar-refractivity contribution in [2.75, 3.05) is 5.32 Å². The van der Waals surface area contributed by atoms with Crippen LogP contribution in [0.4, 0.5) is 11.5 Å². The van der Waals surface area contributed by atoms with Gasteiger partial charge < -0.3 is 11.1 Å². The summed E-state index contributed by atoms with van der Waals surface area (Å²) >= 11 is 4.99. The number of anilines is 2. The van der Waals surface area contributed by atoms with E-state index in [-0.39, 0.29) is 0 Å². The van der Waals surface area contributed by atoms with Crippen molar-refractivity contribution < 1.29 is 0 Å². The molecule has 0 unspecified atom stereocenters. The second-order valence-electron chi connectivity index (χ2n) is 3.58. The summed E-state index contributed by atoms with van der Waals surface area (Å²) in [6.45, 7) is 1.91. The van der Waals surface area contributed by atoms with Crippen LogP contribution in [0.3, 0.4) is 0 Å². The van der Waals surface area contributed by atoms with Crippen molar-refractivity contribution in [2.24, 2.45) is 5.73 Å².